The Kier molecular flexibility index (Phi) is 5.21. The lowest BCUT2D eigenvalue weighted by molar-refractivity contribution is 0.0526. The van der Waals surface area contributed by atoms with E-state index in [1.165, 1.54) is 5.56 Å². The predicted molar refractivity (Wildman–Crippen MR) is 75.1 cm³/mol. The molecule has 0 saturated carbocycles. The summed E-state index contributed by atoms with van der Waals surface area (Å²) in [5.41, 5.74) is 1.31. The molecule has 0 aliphatic carbocycles. The van der Waals surface area contributed by atoms with Gasteiger partial charge in [0.1, 0.15) is 0 Å². The van der Waals surface area contributed by atoms with Crippen molar-refractivity contribution in [1.82, 2.24) is 10.2 Å². The van der Waals surface area contributed by atoms with E-state index in [1.807, 2.05) is 23.1 Å². The third-order valence-corrected chi connectivity index (χ3v) is 3.38. The van der Waals surface area contributed by atoms with Gasteiger partial charge < -0.3 is 15.0 Å². The third kappa shape index (κ3) is 4.56. The van der Waals surface area contributed by atoms with E-state index in [2.05, 4.69) is 24.4 Å². The van der Waals surface area contributed by atoms with Crippen LogP contribution in [0, 0.1) is 0 Å². The summed E-state index contributed by atoms with van der Waals surface area (Å²) in [6.45, 7) is 4.73. The van der Waals surface area contributed by atoms with Crippen molar-refractivity contribution in [2.45, 2.75) is 25.8 Å². The number of carbonyl (C=O) groups is 1. The van der Waals surface area contributed by atoms with Crippen molar-refractivity contribution in [2.75, 3.05) is 26.3 Å². The zero-order valence-corrected chi connectivity index (χ0v) is 11.5. The summed E-state index contributed by atoms with van der Waals surface area (Å²) >= 11 is 0. The normalized spacial score (nSPS) is 17.0. The molecule has 0 aromatic heterocycles. The zero-order valence-electron chi connectivity index (χ0n) is 11.5. The summed E-state index contributed by atoms with van der Waals surface area (Å²) in [4.78, 5) is 13.8. The quantitative estimate of drug-likeness (QED) is 0.902. The highest BCUT2D eigenvalue weighted by Gasteiger charge is 2.17. The highest BCUT2D eigenvalue weighted by atomic mass is 16.5. The maximum absolute atomic E-state index is 12.0. The maximum atomic E-state index is 12.0. The van der Waals surface area contributed by atoms with Gasteiger partial charge >= 0.3 is 6.03 Å². The average molecular weight is 262 g/mol. The number of carbonyl (C=O) groups excluding carboxylic acids is 1. The van der Waals surface area contributed by atoms with Crippen LogP contribution in [0.25, 0.3) is 0 Å². The Morgan fingerprint density at radius 2 is 2.00 bits per heavy atom. The first-order chi connectivity index (χ1) is 9.25. The number of hydrogen-bond acceptors (Lipinski definition) is 2. The van der Waals surface area contributed by atoms with Crippen molar-refractivity contribution in [3.8, 4) is 0 Å². The Morgan fingerprint density at radius 3 is 2.68 bits per heavy atom. The van der Waals surface area contributed by atoms with Crippen molar-refractivity contribution < 1.29 is 9.53 Å². The van der Waals surface area contributed by atoms with Crippen LogP contribution in [0.3, 0.4) is 0 Å². The molecule has 1 aromatic carbocycles. The van der Waals surface area contributed by atoms with Gasteiger partial charge in [-0.05, 0) is 25.3 Å². The monoisotopic (exact) mass is 262 g/mol. The number of nitrogens with one attached hydrogen (secondary N) is 1. The van der Waals surface area contributed by atoms with Crippen LogP contribution in [0.15, 0.2) is 30.3 Å². The van der Waals surface area contributed by atoms with E-state index in [4.69, 9.17) is 4.74 Å². The van der Waals surface area contributed by atoms with Crippen LogP contribution in [0.2, 0.25) is 0 Å². The molecule has 1 aliphatic rings. The molecule has 19 heavy (non-hydrogen) atoms. The van der Waals surface area contributed by atoms with Gasteiger partial charge in [0.25, 0.3) is 0 Å². The van der Waals surface area contributed by atoms with Gasteiger partial charge in [-0.3, -0.25) is 0 Å². The van der Waals surface area contributed by atoms with E-state index in [-0.39, 0.29) is 12.1 Å². The summed E-state index contributed by atoms with van der Waals surface area (Å²) in [7, 11) is 0. The van der Waals surface area contributed by atoms with Gasteiger partial charge in [0.15, 0.2) is 0 Å². The molecule has 1 saturated heterocycles. The Bertz CT molecular complexity index is 388. The Balaban J connectivity index is 1.71. The molecule has 1 fully saturated rings. The van der Waals surface area contributed by atoms with Crippen molar-refractivity contribution in [3.63, 3.8) is 0 Å². The van der Waals surface area contributed by atoms with Crippen molar-refractivity contribution in [3.05, 3.63) is 35.9 Å². The molecular formula is C15H22N2O2. The molecule has 2 amide bonds. The lowest BCUT2D eigenvalue weighted by Crippen LogP contribution is -2.48. The number of morpholine rings is 1. The molecule has 0 radical (unpaired) electrons. The lowest BCUT2D eigenvalue weighted by atomic mass is 10.1. The minimum absolute atomic E-state index is 0.0314. The molecule has 104 valence electrons. The number of urea groups is 1. The number of hydrogen-bond donors (Lipinski definition) is 1. The van der Waals surface area contributed by atoms with E-state index in [1.54, 1.807) is 0 Å². The second kappa shape index (κ2) is 7.14. The van der Waals surface area contributed by atoms with Crippen LogP contribution in [-0.4, -0.2) is 43.3 Å². The third-order valence-electron chi connectivity index (χ3n) is 3.38. The molecule has 2 rings (SSSR count). The molecule has 0 bridgehead atoms. The number of rotatable bonds is 4. The molecule has 4 heteroatoms. The van der Waals surface area contributed by atoms with E-state index >= 15 is 0 Å². The molecule has 1 heterocycles. The Hall–Kier alpha value is -1.55. The van der Waals surface area contributed by atoms with Crippen LogP contribution < -0.4 is 5.32 Å². The number of ether oxygens (including phenoxy) is 1. The smallest absolute Gasteiger partial charge is 0.317 e. The molecule has 4 nitrogen and oxygen atoms in total. The maximum Gasteiger partial charge on any atom is 0.317 e. The van der Waals surface area contributed by atoms with Crippen molar-refractivity contribution in [2.24, 2.45) is 0 Å². The minimum atomic E-state index is 0.0314. The highest BCUT2D eigenvalue weighted by molar-refractivity contribution is 5.74. The number of amides is 2. The van der Waals surface area contributed by atoms with E-state index in [0.29, 0.717) is 26.3 Å². The van der Waals surface area contributed by atoms with Gasteiger partial charge in [-0.2, -0.15) is 0 Å². The van der Waals surface area contributed by atoms with Gasteiger partial charge in [0, 0.05) is 19.1 Å². The first-order valence-electron chi connectivity index (χ1n) is 6.93. The first kappa shape index (κ1) is 13.9. The standard InChI is InChI=1S/C15H22N2O2/c1-13(7-8-14-5-3-2-4-6-14)16-15(18)17-9-11-19-12-10-17/h2-6,13H,7-12H2,1H3,(H,16,18)/t13-/m1/s1. The Morgan fingerprint density at radius 1 is 1.32 bits per heavy atom. The second-order valence-corrected chi connectivity index (χ2v) is 4.97. The van der Waals surface area contributed by atoms with E-state index in [0.717, 1.165) is 12.8 Å². The molecule has 1 aliphatic heterocycles. The number of aryl methyl sites for hydroxylation is 1. The zero-order chi connectivity index (χ0) is 13.5. The predicted octanol–water partition coefficient (Wildman–Crippen LogP) is 2.05. The molecule has 0 spiro atoms. The fourth-order valence-electron chi connectivity index (χ4n) is 2.17. The summed E-state index contributed by atoms with van der Waals surface area (Å²) in [6.07, 6.45) is 1.95. The van der Waals surface area contributed by atoms with Gasteiger partial charge in [0.2, 0.25) is 0 Å². The largest absolute Gasteiger partial charge is 0.378 e. The molecule has 1 N–H and O–H groups in total. The molecular weight excluding hydrogens is 240 g/mol. The fraction of sp³-hybridized carbons (Fsp3) is 0.533. The molecule has 1 aromatic rings. The SMILES string of the molecule is C[C@H](CCc1ccccc1)NC(=O)N1CCOCC1. The van der Waals surface area contributed by atoms with Crippen LogP contribution in [0.1, 0.15) is 18.9 Å². The van der Waals surface area contributed by atoms with Gasteiger partial charge in [-0.15, -0.1) is 0 Å². The van der Waals surface area contributed by atoms with Crippen LogP contribution in [0.4, 0.5) is 4.79 Å². The highest BCUT2D eigenvalue weighted by Crippen LogP contribution is 2.05. The first-order valence-corrected chi connectivity index (χ1v) is 6.93. The van der Waals surface area contributed by atoms with Crippen molar-refractivity contribution >= 4 is 6.03 Å². The summed E-state index contributed by atoms with van der Waals surface area (Å²) < 4.78 is 5.24. The second-order valence-electron chi connectivity index (χ2n) is 4.97. The van der Waals surface area contributed by atoms with Gasteiger partial charge in [-0.25, -0.2) is 4.79 Å². The molecule has 1 atom stereocenters. The summed E-state index contributed by atoms with van der Waals surface area (Å²) in [5, 5.41) is 3.05. The van der Waals surface area contributed by atoms with Crippen molar-refractivity contribution in [1.29, 1.82) is 0 Å². The fourth-order valence-corrected chi connectivity index (χ4v) is 2.17. The summed E-state index contributed by atoms with van der Waals surface area (Å²) in [5.74, 6) is 0. The van der Waals surface area contributed by atoms with Crippen LogP contribution >= 0.6 is 0 Å². The van der Waals surface area contributed by atoms with Gasteiger partial charge in [0.05, 0.1) is 13.2 Å². The van der Waals surface area contributed by atoms with E-state index < -0.39 is 0 Å². The molecule has 0 unspecified atom stereocenters. The van der Waals surface area contributed by atoms with Crippen LogP contribution in [-0.2, 0) is 11.2 Å². The minimum Gasteiger partial charge on any atom is -0.378 e. The summed E-state index contributed by atoms with van der Waals surface area (Å²) in [6, 6.07) is 10.6. The van der Waals surface area contributed by atoms with E-state index in [9.17, 15) is 4.79 Å². The average Bonchev–Trinajstić information content (AvgIpc) is 2.47. The topological polar surface area (TPSA) is 41.6 Å². The van der Waals surface area contributed by atoms with Gasteiger partial charge in [-0.1, -0.05) is 30.3 Å². The lowest BCUT2D eigenvalue weighted by Gasteiger charge is -2.28. The number of nitrogens with zero attached hydrogens (tertiary/aromatic N) is 1. The van der Waals surface area contributed by atoms with Crippen LogP contribution in [0.5, 0.6) is 0 Å². The number of benzene rings is 1. The Labute approximate surface area is 114 Å².